The van der Waals surface area contributed by atoms with Gasteiger partial charge in [0.1, 0.15) is 5.75 Å². The molecule has 2 aromatic rings. The van der Waals surface area contributed by atoms with E-state index in [1.54, 1.807) is 0 Å². The zero-order valence-corrected chi connectivity index (χ0v) is 19.1. The summed E-state index contributed by atoms with van der Waals surface area (Å²) in [5.41, 5.74) is 0.782. The number of alkyl halides is 3. The van der Waals surface area contributed by atoms with Crippen LogP contribution in [0.1, 0.15) is 54.8 Å². The van der Waals surface area contributed by atoms with Gasteiger partial charge in [-0.1, -0.05) is 23.7 Å². The molecule has 0 aromatic heterocycles. The van der Waals surface area contributed by atoms with Crippen LogP contribution in [0.5, 0.6) is 5.75 Å². The first-order valence-electron chi connectivity index (χ1n) is 11.2. The zero-order valence-electron chi connectivity index (χ0n) is 18.3. The van der Waals surface area contributed by atoms with Crippen molar-refractivity contribution in [1.82, 2.24) is 4.90 Å². The fraction of sp³-hybridized carbons (Fsp3) is 0.480. The van der Waals surface area contributed by atoms with Gasteiger partial charge in [0.2, 0.25) is 0 Å². The molecule has 0 spiro atoms. The smallest absolute Gasteiger partial charge is 0.416 e. The molecule has 1 saturated heterocycles. The molecular formula is C25H27ClF3NO3. The summed E-state index contributed by atoms with van der Waals surface area (Å²) in [5, 5.41) is 9.56. The maximum atomic E-state index is 13.1. The number of carboxylic acid groups (broad SMARTS) is 1. The van der Waals surface area contributed by atoms with E-state index in [4.69, 9.17) is 16.3 Å². The number of carboxylic acids is 1. The van der Waals surface area contributed by atoms with Crippen molar-refractivity contribution in [3.8, 4) is 5.75 Å². The van der Waals surface area contributed by atoms with Gasteiger partial charge < -0.3 is 9.84 Å². The lowest BCUT2D eigenvalue weighted by Gasteiger charge is -2.43. The Bertz CT molecular complexity index is 1000. The van der Waals surface area contributed by atoms with E-state index >= 15 is 0 Å². The Balaban J connectivity index is 1.32. The first-order chi connectivity index (χ1) is 15.6. The molecule has 178 valence electrons. The van der Waals surface area contributed by atoms with Gasteiger partial charge in [-0.3, -0.25) is 9.69 Å². The summed E-state index contributed by atoms with van der Waals surface area (Å²) >= 11 is 6.19. The highest BCUT2D eigenvalue weighted by Crippen LogP contribution is 2.45. The van der Waals surface area contributed by atoms with Gasteiger partial charge in [0.25, 0.3) is 0 Å². The molecule has 1 aliphatic heterocycles. The number of carbonyl (C=O) groups is 1. The molecule has 0 bridgehead atoms. The average Bonchev–Trinajstić information content (AvgIpc) is 3.55. The van der Waals surface area contributed by atoms with Crippen LogP contribution in [0.15, 0.2) is 42.5 Å². The summed E-state index contributed by atoms with van der Waals surface area (Å²) in [7, 11) is 0. The van der Waals surface area contributed by atoms with Crippen LogP contribution in [0.3, 0.4) is 0 Å². The van der Waals surface area contributed by atoms with Gasteiger partial charge in [-0.05, 0) is 73.1 Å². The van der Waals surface area contributed by atoms with E-state index in [1.165, 1.54) is 6.07 Å². The molecule has 0 amide bonds. The van der Waals surface area contributed by atoms with E-state index in [0.29, 0.717) is 36.2 Å². The molecule has 1 heterocycles. The molecule has 2 aliphatic rings. The van der Waals surface area contributed by atoms with Crippen LogP contribution in [0.25, 0.3) is 0 Å². The number of halogens is 4. The first-order valence-corrected chi connectivity index (χ1v) is 11.5. The van der Waals surface area contributed by atoms with Gasteiger partial charge >= 0.3 is 12.1 Å². The van der Waals surface area contributed by atoms with Gasteiger partial charge in [0.15, 0.2) is 0 Å². The maximum absolute atomic E-state index is 13.1. The van der Waals surface area contributed by atoms with Crippen LogP contribution >= 0.6 is 11.6 Å². The van der Waals surface area contributed by atoms with Crippen molar-refractivity contribution in [2.75, 3.05) is 19.7 Å². The molecule has 2 fully saturated rings. The molecule has 4 nitrogen and oxygen atoms in total. The van der Waals surface area contributed by atoms with Gasteiger partial charge in [0, 0.05) is 30.1 Å². The highest BCUT2D eigenvalue weighted by atomic mass is 35.5. The Morgan fingerprint density at radius 2 is 1.94 bits per heavy atom. The fourth-order valence-electron chi connectivity index (χ4n) is 4.56. The molecule has 1 saturated carbocycles. The quantitative estimate of drug-likeness (QED) is 0.450. The molecule has 2 atom stereocenters. The molecule has 33 heavy (non-hydrogen) atoms. The summed E-state index contributed by atoms with van der Waals surface area (Å²) in [6, 6.07) is 10.9. The third-order valence-corrected chi connectivity index (χ3v) is 7.01. The van der Waals surface area contributed by atoms with Crippen LogP contribution < -0.4 is 4.74 Å². The third-order valence-electron chi connectivity index (χ3n) is 6.66. The lowest BCUT2D eigenvalue weighted by atomic mass is 9.91. The first kappa shape index (κ1) is 23.9. The minimum atomic E-state index is -4.40. The number of ether oxygens (including phenoxy) is 1. The second-order valence-corrected chi connectivity index (χ2v) is 9.56. The van der Waals surface area contributed by atoms with Crippen molar-refractivity contribution >= 4 is 17.6 Å². The van der Waals surface area contributed by atoms with Gasteiger partial charge in [-0.2, -0.15) is 13.2 Å². The van der Waals surface area contributed by atoms with E-state index in [1.807, 2.05) is 31.2 Å². The molecule has 2 aromatic carbocycles. The molecule has 0 radical (unpaired) electrons. The summed E-state index contributed by atoms with van der Waals surface area (Å²) in [4.78, 5) is 13.3. The number of likely N-dealkylation sites (tertiary alicyclic amines) is 1. The Labute approximate surface area is 196 Å². The Kier molecular flexibility index (Phi) is 6.91. The summed E-state index contributed by atoms with van der Waals surface area (Å²) in [5.74, 6) is 0.640. The van der Waals surface area contributed by atoms with Crippen molar-refractivity contribution in [2.45, 2.75) is 44.3 Å². The Morgan fingerprint density at radius 1 is 1.21 bits per heavy atom. The highest BCUT2D eigenvalue weighted by Gasteiger charge is 2.36. The number of aliphatic carboxylic acids is 1. The van der Waals surface area contributed by atoms with Gasteiger partial charge in [-0.25, -0.2) is 0 Å². The molecule has 2 unspecified atom stereocenters. The van der Waals surface area contributed by atoms with E-state index in [9.17, 15) is 23.1 Å². The monoisotopic (exact) mass is 481 g/mol. The number of hydrogen-bond acceptors (Lipinski definition) is 3. The Morgan fingerprint density at radius 3 is 2.58 bits per heavy atom. The largest absolute Gasteiger partial charge is 0.493 e. The molecule has 1 aliphatic carbocycles. The van der Waals surface area contributed by atoms with Crippen molar-refractivity contribution < 1.29 is 27.8 Å². The van der Waals surface area contributed by atoms with E-state index in [-0.39, 0.29) is 24.3 Å². The van der Waals surface area contributed by atoms with Crippen LogP contribution in [0, 0.1) is 11.8 Å². The van der Waals surface area contributed by atoms with Crippen molar-refractivity contribution in [3.05, 3.63) is 64.2 Å². The minimum absolute atomic E-state index is 0.0169. The van der Waals surface area contributed by atoms with E-state index < -0.39 is 17.7 Å². The van der Waals surface area contributed by atoms with Crippen molar-refractivity contribution in [2.24, 2.45) is 11.8 Å². The van der Waals surface area contributed by atoms with Crippen LogP contribution in [-0.2, 0) is 11.0 Å². The molecule has 8 heteroatoms. The maximum Gasteiger partial charge on any atom is 0.416 e. The van der Waals surface area contributed by atoms with Gasteiger partial charge in [0.05, 0.1) is 18.6 Å². The number of rotatable bonds is 9. The van der Waals surface area contributed by atoms with Crippen molar-refractivity contribution in [1.29, 1.82) is 0 Å². The minimum Gasteiger partial charge on any atom is -0.493 e. The fourth-order valence-corrected chi connectivity index (χ4v) is 4.84. The molecule has 1 N–H and O–H groups in total. The lowest BCUT2D eigenvalue weighted by Crippen LogP contribution is -2.50. The molecule has 4 rings (SSSR count). The lowest BCUT2D eigenvalue weighted by molar-refractivity contribution is -0.138. The number of nitrogens with zero attached hydrogens (tertiary/aromatic N) is 1. The van der Waals surface area contributed by atoms with E-state index in [0.717, 1.165) is 36.3 Å². The normalized spacial score (nSPS) is 19.1. The molecular weight excluding hydrogens is 455 g/mol. The summed E-state index contributed by atoms with van der Waals surface area (Å²) in [6.45, 7) is 3.77. The SMILES string of the molecule is CC(c1cc(C(F)(F)F)ccc1Cl)N1CC(COc2cccc(C(CC(=O)O)C3CC3)c2)C1. The van der Waals surface area contributed by atoms with Crippen molar-refractivity contribution in [3.63, 3.8) is 0 Å². The Hall–Kier alpha value is -2.25. The third kappa shape index (κ3) is 5.82. The second kappa shape index (κ2) is 9.55. The predicted molar refractivity (Wildman–Crippen MR) is 120 cm³/mol. The van der Waals surface area contributed by atoms with Crippen LogP contribution in [-0.4, -0.2) is 35.7 Å². The predicted octanol–water partition coefficient (Wildman–Crippen LogP) is 6.40. The highest BCUT2D eigenvalue weighted by molar-refractivity contribution is 6.31. The average molecular weight is 482 g/mol. The van der Waals surface area contributed by atoms with Gasteiger partial charge in [-0.15, -0.1) is 0 Å². The number of benzene rings is 2. The van der Waals surface area contributed by atoms with Crippen LogP contribution in [0.4, 0.5) is 13.2 Å². The number of hydrogen-bond donors (Lipinski definition) is 1. The van der Waals surface area contributed by atoms with Crippen LogP contribution in [0.2, 0.25) is 5.02 Å². The second-order valence-electron chi connectivity index (χ2n) is 9.16. The van der Waals surface area contributed by atoms with E-state index in [2.05, 4.69) is 4.90 Å². The summed E-state index contributed by atoms with van der Waals surface area (Å²) < 4.78 is 45.2. The zero-order chi connectivity index (χ0) is 23.8. The standard InChI is InChI=1S/C25H27ClF3NO3/c1-15(21-10-19(25(27,28)29)7-8-23(21)26)30-12-16(13-30)14-33-20-4-2-3-18(9-20)22(11-24(31)32)17-5-6-17/h2-4,7-10,15-17,22H,5-6,11-14H2,1H3,(H,31,32). The summed E-state index contributed by atoms with van der Waals surface area (Å²) in [6.07, 6.45) is -2.15. The topological polar surface area (TPSA) is 49.8 Å².